The number of fused-ring (bicyclic) bond motifs is 2. The first-order valence-electron chi connectivity index (χ1n) is 12.2. The van der Waals surface area contributed by atoms with Gasteiger partial charge in [0, 0.05) is 54.6 Å². The van der Waals surface area contributed by atoms with Crippen LogP contribution in [0.2, 0.25) is 0 Å². The molecule has 11 heteroatoms. The van der Waals surface area contributed by atoms with Crippen LogP contribution >= 0.6 is 0 Å². The van der Waals surface area contributed by atoms with Gasteiger partial charge in [0.15, 0.2) is 0 Å². The predicted molar refractivity (Wildman–Crippen MR) is 138 cm³/mol. The molecule has 2 aromatic carbocycles. The largest absolute Gasteiger partial charge is 0.481 e. The van der Waals surface area contributed by atoms with Crippen LogP contribution in [-0.2, 0) is 6.54 Å². The second-order valence-corrected chi connectivity index (χ2v) is 9.22. The van der Waals surface area contributed by atoms with Crippen LogP contribution in [0.5, 0.6) is 5.88 Å². The van der Waals surface area contributed by atoms with Crippen molar-refractivity contribution in [2.75, 3.05) is 32.1 Å². The number of pyridine rings is 1. The Balaban J connectivity index is 0.000000433. The van der Waals surface area contributed by atoms with Gasteiger partial charge in [0.05, 0.1) is 19.2 Å². The SMILES string of the molecule is COc1ccc(-c2n[nH]c3cc4c(cc23)CN(C2CCN(CC(F)(F)F)C2)C(=O)N4)cn1.c1ccccc1. The van der Waals surface area contributed by atoms with Gasteiger partial charge in [0.25, 0.3) is 0 Å². The van der Waals surface area contributed by atoms with Gasteiger partial charge in [-0.3, -0.25) is 10.00 Å². The van der Waals surface area contributed by atoms with Crippen LogP contribution in [0.1, 0.15) is 12.0 Å². The van der Waals surface area contributed by atoms with Gasteiger partial charge in [-0.15, -0.1) is 0 Å². The Morgan fingerprint density at radius 3 is 2.47 bits per heavy atom. The zero-order chi connectivity index (χ0) is 26.7. The number of hydrogen-bond acceptors (Lipinski definition) is 5. The lowest BCUT2D eigenvalue weighted by atomic mass is 10.0. The lowest BCUT2D eigenvalue weighted by Crippen LogP contribution is -2.46. The van der Waals surface area contributed by atoms with E-state index in [4.69, 9.17) is 4.74 Å². The molecule has 2 aliphatic heterocycles. The molecule has 1 fully saturated rings. The molecule has 0 spiro atoms. The van der Waals surface area contributed by atoms with Crippen molar-refractivity contribution in [1.29, 1.82) is 0 Å². The third-order valence-corrected chi connectivity index (χ3v) is 6.61. The van der Waals surface area contributed by atoms with E-state index in [1.165, 1.54) is 4.90 Å². The number of urea groups is 1. The lowest BCUT2D eigenvalue weighted by molar-refractivity contribution is -0.143. The van der Waals surface area contributed by atoms with E-state index in [0.717, 1.165) is 27.7 Å². The summed E-state index contributed by atoms with van der Waals surface area (Å²) in [5, 5.41) is 11.1. The summed E-state index contributed by atoms with van der Waals surface area (Å²) >= 11 is 0. The minimum Gasteiger partial charge on any atom is -0.481 e. The molecule has 0 bridgehead atoms. The Labute approximate surface area is 217 Å². The van der Waals surface area contributed by atoms with Gasteiger partial charge in [0.1, 0.15) is 5.69 Å². The van der Waals surface area contributed by atoms with Gasteiger partial charge in [-0.25, -0.2) is 9.78 Å². The molecule has 198 valence electrons. The lowest BCUT2D eigenvalue weighted by Gasteiger charge is -2.34. The number of likely N-dealkylation sites (tertiary alicyclic amines) is 1. The Kier molecular flexibility index (Phi) is 7.19. The van der Waals surface area contributed by atoms with E-state index >= 15 is 0 Å². The number of nitrogens with zero attached hydrogens (tertiary/aromatic N) is 4. The van der Waals surface area contributed by atoms with E-state index in [-0.39, 0.29) is 18.6 Å². The molecule has 2 aromatic heterocycles. The fourth-order valence-corrected chi connectivity index (χ4v) is 4.80. The number of amides is 2. The molecule has 2 aliphatic rings. The zero-order valence-electron chi connectivity index (χ0n) is 20.7. The number of alkyl halides is 3. The number of ether oxygens (including phenoxy) is 1. The first-order chi connectivity index (χ1) is 18.3. The molecule has 2 N–H and O–H groups in total. The van der Waals surface area contributed by atoms with Gasteiger partial charge in [-0.2, -0.15) is 18.3 Å². The fraction of sp³-hybridized carbons (Fsp3) is 0.296. The van der Waals surface area contributed by atoms with Crippen LogP contribution in [0.15, 0.2) is 66.9 Å². The Morgan fingerprint density at radius 1 is 1.11 bits per heavy atom. The quantitative estimate of drug-likeness (QED) is 0.378. The molecule has 8 nitrogen and oxygen atoms in total. The van der Waals surface area contributed by atoms with Crippen LogP contribution in [0.25, 0.3) is 22.2 Å². The number of carbonyl (C=O) groups excluding carboxylic acids is 1. The summed E-state index contributed by atoms with van der Waals surface area (Å²) in [4.78, 5) is 19.9. The minimum absolute atomic E-state index is 0.207. The van der Waals surface area contributed by atoms with E-state index in [2.05, 4.69) is 20.5 Å². The minimum atomic E-state index is -4.24. The number of hydrogen-bond donors (Lipinski definition) is 2. The van der Waals surface area contributed by atoms with E-state index in [0.29, 0.717) is 31.1 Å². The average Bonchev–Trinajstić information content (AvgIpc) is 3.54. The highest BCUT2D eigenvalue weighted by atomic mass is 19.4. The molecule has 0 saturated carbocycles. The summed E-state index contributed by atoms with van der Waals surface area (Å²) in [6, 6.07) is 18.8. The third-order valence-electron chi connectivity index (χ3n) is 6.61. The summed E-state index contributed by atoms with van der Waals surface area (Å²) in [6.45, 7) is -0.104. The van der Waals surface area contributed by atoms with Crippen LogP contribution in [0.4, 0.5) is 23.7 Å². The van der Waals surface area contributed by atoms with Crippen molar-refractivity contribution in [3.8, 4) is 17.1 Å². The van der Waals surface area contributed by atoms with Gasteiger partial charge < -0.3 is 15.0 Å². The molecular weight excluding hydrogens is 497 g/mol. The molecule has 0 radical (unpaired) electrons. The summed E-state index contributed by atoms with van der Waals surface area (Å²) in [5.41, 5.74) is 3.86. The molecule has 0 aliphatic carbocycles. The number of rotatable bonds is 4. The monoisotopic (exact) mass is 524 g/mol. The summed E-state index contributed by atoms with van der Waals surface area (Å²) in [5.74, 6) is 0.500. The number of anilines is 1. The van der Waals surface area contributed by atoms with Crippen molar-refractivity contribution >= 4 is 22.6 Å². The predicted octanol–water partition coefficient (Wildman–Crippen LogP) is 5.30. The molecule has 4 aromatic rings. The highest BCUT2D eigenvalue weighted by Gasteiger charge is 2.38. The van der Waals surface area contributed by atoms with Gasteiger partial charge in [-0.05, 0) is 30.2 Å². The van der Waals surface area contributed by atoms with Crippen molar-refractivity contribution in [3.63, 3.8) is 0 Å². The van der Waals surface area contributed by atoms with Crippen molar-refractivity contribution in [2.45, 2.75) is 25.2 Å². The number of nitrogens with one attached hydrogen (secondary N) is 2. The van der Waals surface area contributed by atoms with Crippen molar-refractivity contribution < 1.29 is 22.7 Å². The Bertz CT molecular complexity index is 1370. The maximum atomic E-state index is 12.7. The van der Waals surface area contributed by atoms with E-state index in [9.17, 15) is 18.0 Å². The topological polar surface area (TPSA) is 86.4 Å². The summed E-state index contributed by atoms with van der Waals surface area (Å²) < 4.78 is 43.3. The van der Waals surface area contributed by atoms with Crippen LogP contribution in [0, 0.1) is 0 Å². The number of aromatic amines is 1. The van der Waals surface area contributed by atoms with E-state index < -0.39 is 12.7 Å². The van der Waals surface area contributed by atoms with Crippen molar-refractivity contribution in [3.05, 3.63) is 72.4 Å². The van der Waals surface area contributed by atoms with Crippen LogP contribution in [0.3, 0.4) is 0 Å². The van der Waals surface area contributed by atoms with E-state index in [1.807, 2.05) is 54.6 Å². The van der Waals surface area contributed by atoms with E-state index in [1.54, 1.807) is 24.3 Å². The first kappa shape index (κ1) is 25.5. The zero-order valence-corrected chi connectivity index (χ0v) is 20.7. The summed E-state index contributed by atoms with van der Waals surface area (Å²) in [6.07, 6.45) is -2.06. The maximum absolute atomic E-state index is 12.7. The molecule has 38 heavy (non-hydrogen) atoms. The number of aromatic nitrogens is 3. The molecule has 6 rings (SSSR count). The van der Waals surface area contributed by atoms with Crippen LogP contribution in [-0.4, -0.2) is 70.0 Å². The van der Waals surface area contributed by atoms with Gasteiger partial charge in [-0.1, -0.05) is 36.4 Å². The number of benzene rings is 2. The molecular formula is C27H27F3N6O2. The molecule has 4 heterocycles. The highest BCUT2D eigenvalue weighted by molar-refractivity contribution is 6.00. The number of halogens is 3. The number of carbonyl (C=O) groups is 1. The van der Waals surface area contributed by atoms with Gasteiger partial charge in [0.2, 0.25) is 5.88 Å². The third kappa shape index (κ3) is 5.72. The number of methoxy groups -OCH3 is 1. The molecule has 1 unspecified atom stereocenters. The van der Waals surface area contributed by atoms with Crippen LogP contribution < -0.4 is 10.1 Å². The number of H-pyrrole nitrogens is 1. The highest BCUT2D eigenvalue weighted by Crippen LogP contribution is 2.34. The first-order valence-corrected chi connectivity index (χ1v) is 12.2. The standard InChI is InChI=1S/C21H21F3N6O2.C6H6/c1-32-18-3-2-12(8-25-18)19-15-6-13-9-30(14-4-5-29(10-14)11-21(22,23)24)20(31)26-16(13)7-17(15)27-28-19;1-2-4-6-5-3-1/h2-3,6-8,14H,4-5,9-11H2,1H3,(H,26,31)(H,27,28);1-6H. The molecule has 1 atom stereocenters. The average molecular weight is 525 g/mol. The Morgan fingerprint density at radius 2 is 1.84 bits per heavy atom. The normalized spacial score (nSPS) is 17.5. The smallest absolute Gasteiger partial charge is 0.401 e. The van der Waals surface area contributed by atoms with Crippen molar-refractivity contribution in [2.24, 2.45) is 0 Å². The van der Waals surface area contributed by atoms with Gasteiger partial charge >= 0.3 is 12.2 Å². The fourth-order valence-electron chi connectivity index (χ4n) is 4.80. The molecule has 2 amide bonds. The summed E-state index contributed by atoms with van der Waals surface area (Å²) in [7, 11) is 1.55. The Hall–Kier alpha value is -4.12. The maximum Gasteiger partial charge on any atom is 0.401 e. The van der Waals surface area contributed by atoms with Crippen molar-refractivity contribution in [1.82, 2.24) is 25.0 Å². The second kappa shape index (κ2) is 10.7. The second-order valence-electron chi connectivity index (χ2n) is 9.22. The molecule has 1 saturated heterocycles.